The fraction of sp³-hybridized carbons (Fsp3) is 0.143. The molecule has 0 spiro atoms. The van der Waals surface area contributed by atoms with E-state index in [1.807, 2.05) is 6.07 Å². The topological polar surface area (TPSA) is 79.5 Å². The molecule has 2 rings (SSSR count). The SMILES string of the molecule is CC(=O)c1cccc(NCc2ccc(C(=O)O)o2)c1. The molecule has 0 unspecified atom stereocenters. The molecule has 0 saturated heterocycles. The highest BCUT2D eigenvalue weighted by Crippen LogP contribution is 2.14. The maximum atomic E-state index is 11.2. The highest BCUT2D eigenvalue weighted by atomic mass is 16.4. The minimum absolute atomic E-state index is 0.00480. The number of rotatable bonds is 5. The van der Waals surface area contributed by atoms with E-state index in [0.29, 0.717) is 17.9 Å². The van der Waals surface area contributed by atoms with Crippen molar-refractivity contribution in [3.05, 3.63) is 53.5 Å². The van der Waals surface area contributed by atoms with Gasteiger partial charge in [-0.3, -0.25) is 4.79 Å². The minimum Gasteiger partial charge on any atom is -0.475 e. The summed E-state index contributed by atoms with van der Waals surface area (Å²) in [5.74, 6) is -0.667. The molecule has 0 aliphatic carbocycles. The van der Waals surface area contributed by atoms with Crippen molar-refractivity contribution in [2.24, 2.45) is 0 Å². The first-order valence-electron chi connectivity index (χ1n) is 5.73. The van der Waals surface area contributed by atoms with Crippen molar-refractivity contribution in [3.63, 3.8) is 0 Å². The molecule has 0 radical (unpaired) electrons. The van der Waals surface area contributed by atoms with Gasteiger partial charge in [0.25, 0.3) is 0 Å². The second kappa shape index (κ2) is 5.39. The predicted molar refractivity (Wildman–Crippen MR) is 69.4 cm³/mol. The molecule has 1 heterocycles. The normalized spacial score (nSPS) is 10.2. The molecule has 1 aromatic carbocycles. The predicted octanol–water partition coefficient (Wildman–Crippen LogP) is 2.79. The zero-order valence-corrected chi connectivity index (χ0v) is 10.3. The lowest BCUT2D eigenvalue weighted by Gasteiger charge is -2.05. The van der Waals surface area contributed by atoms with E-state index in [4.69, 9.17) is 9.52 Å². The number of carbonyl (C=O) groups excluding carboxylic acids is 1. The van der Waals surface area contributed by atoms with E-state index >= 15 is 0 Å². The first-order chi connectivity index (χ1) is 9.06. The van der Waals surface area contributed by atoms with Crippen molar-refractivity contribution in [3.8, 4) is 0 Å². The molecule has 98 valence electrons. The number of nitrogens with one attached hydrogen (secondary N) is 1. The summed E-state index contributed by atoms with van der Waals surface area (Å²) in [4.78, 5) is 21.9. The Bertz CT molecular complexity index is 615. The van der Waals surface area contributed by atoms with E-state index in [1.165, 1.54) is 13.0 Å². The molecule has 0 saturated carbocycles. The zero-order valence-electron chi connectivity index (χ0n) is 10.3. The van der Waals surface area contributed by atoms with Gasteiger partial charge in [0.15, 0.2) is 5.78 Å². The molecule has 0 aliphatic rings. The van der Waals surface area contributed by atoms with Gasteiger partial charge in [0.1, 0.15) is 5.76 Å². The Balaban J connectivity index is 2.03. The number of carboxylic acids is 1. The van der Waals surface area contributed by atoms with Crippen LogP contribution in [0.3, 0.4) is 0 Å². The second-order valence-corrected chi connectivity index (χ2v) is 4.06. The van der Waals surface area contributed by atoms with E-state index < -0.39 is 5.97 Å². The van der Waals surface area contributed by atoms with Crippen LogP contribution in [0.5, 0.6) is 0 Å². The van der Waals surface area contributed by atoms with Crippen LogP contribution in [0.15, 0.2) is 40.8 Å². The number of ketones is 1. The van der Waals surface area contributed by atoms with Gasteiger partial charge in [0.05, 0.1) is 6.54 Å². The summed E-state index contributed by atoms with van der Waals surface area (Å²) in [6.45, 7) is 1.86. The average Bonchev–Trinajstić information content (AvgIpc) is 2.85. The standard InChI is InChI=1S/C14H13NO4/c1-9(16)10-3-2-4-11(7-10)15-8-12-5-6-13(19-12)14(17)18/h2-7,15H,8H2,1H3,(H,17,18). The van der Waals surface area contributed by atoms with Gasteiger partial charge in [-0.1, -0.05) is 12.1 Å². The van der Waals surface area contributed by atoms with Crippen LogP contribution in [0.2, 0.25) is 0 Å². The number of hydrogen-bond acceptors (Lipinski definition) is 4. The summed E-state index contributed by atoms with van der Waals surface area (Å²) in [6.07, 6.45) is 0. The highest BCUT2D eigenvalue weighted by Gasteiger charge is 2.08. The summed E-state index contributed by atoms with van der Waals surface area (Å²) in [5.41, 5.74) is 1.40. The van der Waals surface area contributed by atoms with E-state index in [0.717, 1.165) is 5.69 Å². The molecule has 0 amide bonds. The molecule has 19 heavy (non-hydrogen) atoms. The van der Waals surface area contributed by atoms with E-state index in [1.54, 1.807) is 24.3 Å². The van der Waals surface area contributed by atoms with Crippen LogP contribution >= 0.6 is 0 Å². The Morgan fingerprint density at radius 3 is 2.68 bits per heavy atom. The third kappa shape index (κ3) is 3.22. The molecule has 0 atom stereocenters. The first kappa shape index (κ1) is 12.9. The average molecular weight is 259 g/mol. The van der Waals surface area contributed by atoms with Crippen molar-refractivity contribution in [1.29, 1.82) is 0 Å². The summed E-state index contributed by atoms with van der Waals surface area (Å²) < 4.78 is 5.12. The summed E-state index contributed by atoms with van der Waals surface area (Å²) in [6, 6.07) is 10.1. The first-order valence-corrected chi connectivity index (χ1v) is 5.73. The molecular formula is C14H13NO4. The quantitative estimate of drug-likeness (QED) is 0.807. The fourth-order valence-corrected chi connectivity index (χ4v) is 1.63. The van der Waals surface area contributed by atoms with E-state index in [9.17, 15) is 9.59 Å². The number of anilines is 1. The fourth-order valence-electron chi connectivity index (χ4n) is 1.63. The molecule has 0 bridgehead atoms. The lowest BCUT2D eigenvalue weighted by molar-refractivity contribution is 0.0660. The summed E-state index contributed by atoms with van der Waals surface area (Å²) in [7, 11) is 0. The van der Waals surface area contributed by atoms with Crippen molar-refractivity contribution in [2.75, 3.05) is 5.32 Å². The van der Waals surface area contributed by atoms with Gasteiger partial charge in [-0.2, -0.15) is 0 Å². The van der Waals surface area contributed by atoms with Gasteiger partial charge in [-0.15, -0.1) is 0 Å². The van der Waals surface area contributed by atoms with Crippen LogP contribution < -0.4 is 5.32 Å². The van der Waals surface area contributed by atoms with Crippen molar-refractivity contribution in [1.82, 2.24) is 0 Å². The molecule has 2 N–H and O–H groups in total. The van der Waals surface area contributed by atoms with E-state index in [-0.39, 0.29) is 11.5 Å². The Morgan fingerprint density at radius 1 is 1.26 bits per heavy atom. The lowest BCUT2D eigenvalue weighted by atomic mass is 10.1. The highest BCUT2D eigenvalue weighted by molar-refractivity contribution is 5.94. The van der Waals surface area contributed by atoms with Gasteiger partial charge >= 0.3 is 5.97 Å². The van der Waals surface area contributed by atoms with Crippen LogP contribution in [0.25, 0.3) is 0 Å². The smallest absolute Gasteiger partial charge is 0.371 e. The zero-order chi connectivity index (χ0) is 13.8. The molecule has 0 aliphatic heterocycles. The van der Waals surface area contributed by atoms with Crippen molar-refractivity contribution >= 4 is 17.4 Å². The number of benzene rings is 1. The van der Waals surface area contributed by atoms with Crippen LogP contribution in [0.1, 0.15) is 33.6 Å². The molecule has 5 nitrogen and oxygen atoms in total. The van der Waals surface area contributed by atoms with Crippen LogP contribution in [-0.2, 0) is 6.54 Å². The Kier molecular flexibility index (Phi) is 3.66. The minimum atomic E-state index is -1.09. The maximum Gasteiger partial charge on any atom is 0.371 e. The van der Waals surface area contributed by atoms with Gasteiger partial charge in [0, 0.05) is 11.3 Å². The van der Waals surface area contributed by atoms with Crippen LogP contribution in [0.4, 0.5) is 5.69 Å². The largest absolute Gasteiger partial charge is 0.475 e. The van der Waals surface area contributed by atoms with Gasteiger partial charge in [-0.05, 0) is 31.2 Å². The number of carbonyl (C=O) groups is 2. The third-order valence-electron chi connectivity index (χ3n) is 2.61. The van der Waals surface area contributed by atoms with Crippen LogP contribution in [-0.4, -0.2) is 16.9 Å². The Hall–Kier alpha value is -2.56. The number of aromatic carboxylic acids is 1. The Labute approximate surface area is 109 Å². The lowest BCUT2D eigenvalue weighted by Crippen LogP contribution is -2.00. The van der Waals surface area contributed by atoms with Crippen molar-refractivity contribution < 1.29 is 19.1 Å². The maximum absolute atomic E-state index is 11.2. The number of furan rings is 1. The molecular weight excluding hydrogens is 246 g/mol. The van der Waals surface area contributed by atoms with Crippen molar-refractivity contribution in [2.45, 2.75) is 13.5 Å². The molecule has 5 heteroatoms. The van der Waals surface area contributed by atoms with Crippen LogP contribution in [0, 0.1) is 0 Å². The summed E-state index contributed by atoms with van der Waals surface area (Å²) >= 11 is 0. The second-order valence-electron chi connectivity index (χ2n) is 4.06. The Morgan fingerprint density at radius 2 is 2.05 bits per heavy atom. The van der Waals surface area contributed by atoms with Gasteiger partial charge in [0.2, 0.25) is 5.76 Å². The third-order valence-corrected chi connectivity index (χ3v) is 2.61. The van der Waals surface area contributed by atoms with Gasteiger partial charge in [-0.25, -0.2) is 4.79 Å². The number of hydrogen-bond donors (Lipinski definition) is 2. The van der Waals surface area contributed by atoms with E-state index in [2.05, 4.69) is 5.32 Å². The monoisotopic (exact) mass is 259 g/mol. The number of Topliss-reactive ketones (excluding diaryl/α,β-unsaturated/α-hetero) is 1. The molecule has 0 fully saturated rings. The number of carboxylic acid groups (broad SMARTS) is 1. The summed E-state index contributed by atoms with van der Waals surface area (Å²) in [5, 5.41) is 11.8. The molecule has 2 aromatic rings. The molecule has 1 aromatic heterocycles. The van der Waals surface area contributed by atoms with Gasteiger partial charge < -0.3 is 14.8 Å².